The number of aromatic amines is 1. The van der Waals surface area contributed by atoms with Crippen LogP contribution in [0.25, 0.3) is 0 Å². The number of aromatic nitrogens is 2. The molecule has 14 heavy (non-hydrogen) atoms. The summed E-state index contributed by atoms with van der Waals surface area (Å²) in [4.78, 5) is 0. The smallest absolute Gasteiger partial charge is 0 e. The van der Waals surface area contributed by atoms with Gasteiger partial charge in [-0.15, -0.1) is 19.0 Å². The van der Waals surface area contributed by atoms with E-state index in [1.165, 1.54) is 11.3 Å². The number of hydrogen-bond donors (Lipinski definition) is 1. The third kappa shape index (κ3) is 3.74. The molecule has 1 heterocycles. The standard InChI is InChI=1S/C11H18N2.Y/c1-5-8(2)6-7-11-9(3)10(4)12-13-11;/h5,7-8H,6H2,1-4H3,(H,12,13);/q-2;. The second-order valence-electron chi connectivity index (χ2n) is 3.60. The molecule has 0 fully saturated rings. The van der Waals surface area contributed by atoms with E-state index in [1.807, 2.05) is 6.92 Å². The number of nitrogens with one attached hydrogen (secondary N) is 1. The molecular formula is C11H18N2Y-2. The average Bonchev–Trinajstić information content (AvgIpc) is 2.44. The second kappa shape index (κ2) is 6.63. The number of rotatable bonds is 4. The summed E-state index contributed by atoms with van der Waals surface area (Å²) in [6.45, 7) is 8.45. The van der Waals surface area contributed by atoms with Crippen LogP contribution in [-0.4, -0.2) is 10.2 Å². The van der Waals surface area contributed by atoms with Crippen LogP contribution in [0, 0.1) is 32.6 Å². The second-order valence-corrected chi connectivity index (χ2v) is 3.60. The first-order chi connectivity index (χ1) is 6.15. The summed E-state index contributed by atoms with van der Waals surface area (Å²) in [6.07, 6.45) is 5.52. The SMILES string of the molecule is C[CH-]C(C)C[CH-]c1[nH]nc(C)c1C.[Y]. The molecule has 0 aliphatic heterocycles. The van der Waals surface area contributed by atoms with Gasteiger partial charge in [-0.25, -0.2) is 11.5 Å². The molecule has 0 aliphatic rings. The Balaban J connectivity index is 0.00000169. The quantitative estimate of drug-likeness (QED) is 0.835. The number of aryl methyl sites for hydroxylation is 1. The molecule has 1 radical (unpaired) electrons. The molecule has 0 aliphatic carbocycles. The topological polar surface area (TPSA) is 28.7 Å². The zero-order valence-electron chi connectivity index (χ0n) is 9.46. The zero-order chi connectivity index (χ0) is 9.84. The van der Waals surface area contributed by atoms with Crippen LogP contribution in [0.3, 0.4) is 0 Å². The fourth-order valence-corrected chi connectivity index (χ4v) is 1.15. The minimum atomic E-state index is 0. The summed E-state index contributed by atoms with van der Waals surface area (Å²) in [5.41, 5.74) is 3.54. The van der Waals surface area contributed by atoms with Gasteiger partial charge in [-0.2, -0.15) is 18.4 Å². The number of hydrogen-bond acceptors (Lipinski definition) is 1. The van der Waals surface area contributed by atoms with Crippen molar-refractivity contribution in [2.75, 3.05) is 0 Å². The van der Waals surface area contributed by atoms with Gasteiger partial charge in [-0.1, -0.05) is 6.92 Å². The number of H-pyrrole nitrogens is 1. The maximum absolute atomic E-state index is 4.15. The van der Waals surface area contributed by atoms with E-state index in [9.17, 15) is 0 Å². The Morgan fingerprint density at radius 1 is 1.43 bits per heavy atom. The predicted octanol–water partition coefficient (Wildman–Crippen LogP) is 2.83. The van der Waals surface area contributed by atoms with Gasteiger partial charge in [0.25, 0.3) is 0 Å². The molecule has 1 rings (SSSR count). The molecule has 1 aromatic heterocycles. The van der Waals surface area contributed by atoms with Crippen LogP contribution in [-0.2, 0) is 32.7 Å². The molecule has 1 atom stereocenters. The van der Waals surface area contributed by atoms with Gasteiger partial charge in [0.15, 0.2) is 0 Å². The molecule has 0 amide bonds. The van der Waals surface area contributed by atoms with Gasteiger partial charge >= 0.3 is 0 Å². The van der Waals surface area contributed by atoms with Gasteiger partial charge in [0.1, 0.15) is 0 Å². The fourth-order valence-electron chi connectivity index (χ4n) is 1.15. The van der Waals surface area contributed by atoms with Gasteiger partial charge in [0.05, 0.1) is 0 Å². The molecule has 1 N–H and O–H groups in total. The van der Waals surface area contributed by atoms with Crippen molar-refractivity contribution in [2.45, 2.75) is 34.1 Å². The molecule has 1 aromatic rings. The Morgan fingerprint density at radius 3 is 2.50 bits per heavy atom. The molecule has 77 valence electrons. The monoisotopic (exact) mass is 267 g/mol. The van der Waals surface area contributed by atoms with E-state index in [-0.39, 0.29) is 32.7 Å². The van der Waals surface area contributed by atoms with Crippen LogP contribution in [0.2, 0.25) is 0 Å². The van der Waals surface area contributed by atoms with E-state index in [0.29, 0.717) is 5.92 Å². The van der Waals surface area contributed by atoms with E-state index in [2.05, 4.69) is 43.8 Å². The van der Waals surface area contributed by atoms with Crippen LogP contribution in [0.1, 0.15) is 37.2 Å². The van der Waals surface area contributed by atoms with E-state index in [0.717, 1.165) is 12.1 Å². The van der Waals surface area contributed by atoms with Crippen molar-refractivity contribution >= 4 is 0 Å². The zero-order valence-corrected chi connectivity index (χ0v) is 12.3. The van der Waals surface area contributed by atoms with Crippen LogP contribution in [0.4, 0.5) is 0 Å². The van der Waals surface area contributed by atoms with Crippen molar-refractivity contribution in [1.82, 2.24) is 10.2 Å². The molecule has 0 saturated carbocycles. The molecule has 0 saturated heterocycles. The molecule has 3 heteroatoms. The average molecular weight is 267 g/mol. The van der Waals surface area contributed by atoms with Gasteiger partial charge < -0.3 is 11.5 Å². The first-order valence-electron chi connectivity index (χ1n) is 4.79. The summed E-state index contributed by atoms with van der Waals surface area (Å²) < 4.78 is 0. The maximum Gasteiger partial charge on any atom is 0 e. The summed E-state index contributed by atoms with van der Waals surface area (Å²) in [7, 11) is 0. The molecule has 0 aromatic carbocycles. The largest absolute Gasteiger partial charge is 0.330 e. The van der Waals surface area contributed by atoms with Gasteiger partial charge in [0, 0.05) is 32.7 Å². The predicted molar refractivity (Wildman–Crippen MR) is 55.2 cm³/mol. The van der Waals surface area contributed by atoms with E-state index in [1.54, 1.807) is 0 Å². The van der Waals surface area contributed by atoms with Crippen LogP contribution in [0.15, 0.2) is 0 Å². The van der Waals surface area contributed by atoms with E-state index < -0.39 is 0 Å². The summed E-state index contributed by atoms with van der Waals surface area (Å²) >= 11 is 0. The van der Waals surface area contributed by atoms with Crippen LogP contribution < -0.4 is 0 Å². The normalized spacial score (nSPS) is 12.0. The Bertz CT molecular complexity index is 268. The van der Waals surface area contributed by atoms with Gasteiger partial charge in [-0.3, -0.25) is 0 Å². The van der Waals surface area contributed by atoms with Crippen LogP contribution in [0.5, 0.6) is 0 Å². The maximum atomic E-state index is 4.15. The minimum absolute atomic E-state index is 0. The Hall–Kier alpha value is 0.184. The van der Waals surface area contributed by atoms with Crippen molar-refractivity contribution in [2.24, 2.45) is 5.92 Å². The van der Waals surface area contributed by atoms with Crippen molar-refractivity contribution in [3.63, 3.8) is 0 Å². The summed E-state index contributed by atoms with van der Waals surface area (Å²) in [5.74, 6) is 0.642. The molecule has 0 bridgehead atoms. The Morgan fingerprint density at radius 2 is 2.07 bits per heavy atom. The Labute approximate surface area is 112 Å². The van der Waals surface area contributed by atoms with Crippen molar-refractivity contribution in [1.29, 1.82) is 0 Å². The van der Waals surface area contributed by atoms with E-state index in [4.69, 9.17) is 0 Å². The van der Waals surface area contributed by atoms with Gasteiger partial charge in [0.2, 0.25) is 0 Å². The fraction of sp³-hybridized carbons (Fsp3) is 0.545. The molecular weight excluding hydrogens is 249 g/mol. The van der Waals surface area contributed by atoms with Crippen LogP contribution >= 0.6 is 0 Å². The Kier molecular flexibility index (Phi) is 6.71. The minimum Gasteiger partial charge on any atom is -0.330 e. The first kappa shape index (κ1) is 14.2. The van der Waals surface area contributed by atoms with E-state index >= 15 is 0 Å². The van der Waals surface area contributed by atoms with Crippen molar-refractivity contribution in [3.05, 3.63) is 29.8 Å². The molecule has 0 spiro atoms. The van der Waals surface area contributed by atoms with Crippen molar-refractivity contribution < 1.29 is 32.7 Å². The third-order valence-electron chi connectivity index (χ3n) is 2.55. The molecule has 1 unspecified atom stereocenters. The summed E-state index contributed by atoms with van der Waals surface area (Å²) in [5, 5.41) is 7.19. The van der Waals surface area contributed by atoms with Gasteiger partial charge in [-0.05, 0) is 12.6 Å². The first-order valence-corrected chi connectivity index (χ1v) is 4.79. The third-order valence-corrected chi connectivity index (χ3v) is 2.55. The summed E-state index contributed by atoms with van der Waals surface area (Å²) in [6, 6.07) is 0. The van der Waals surface area contributed by atoms with Crippen molar-refractivity contribution in [3.8, 4) is 0 Å². The number of nitrogens with zero attached hydrogens (tertiary/aromatic N) is 1. The molecule has 2 nitrogen and oxygen atoms in total.